The molecule has 0 atom stereocenters. The van der Waals surface area contributed by atoms with Gasteiger partial charge in [0.05, 0.1) is 0 Å². The van der Waals surface area contributed by atoms with Crippen molar-refractivity contribution in [3.05, 3.63) is 21.7 Å². The Morgan fingerprint density at radius 1 is 1.75 bits per heavy atom. The number of nitrogens with zero attached hydrogens (tertiary/aromatic N) is 3. The molecule has 2 heterocycles. The van der Waals surface area contributed by atoms with Gasteiger partial charge in [-0.2, -0.15) is 9.38 Å². The average molecular weight is 243 g/mol. The van der Waals surface area contributed by atoms with Gasteiger partial charge in [0.15, 0.2) is 6.61 Å². The minimum absolute atomic E-state index is 0.278. The van der Waals surface area contributed by atoms with Crippen LogP contribution in [0.5, 0.6) is 5.88 Å². The third-order valence-corrected chi connectivity index (χ3v) is 2.47. The quantitative estimate of drug-likeness (QED) is 0.627. The lowest BCUT2D eigenvalue weighted by Gasteiger charge is -1.98. The van der Waals surface area contributed by atoms with Gasteiger partial charge in [0.2, 0.25) is 0 Å². The lowest BCUT2D eigenvalue weighted by molar-refractivity contribution is -0.391. The topological polar surface area (TPSA) is 107 Å². The normalized spacial score (nSPS) is 10.5. The molecule has 0 unspecified atom stereocenters. The van der Waals surface area contributed by atoms with Gasteiger partial charge in [-0.05, 0) is 4.92 Å². The largest absolute Gasteiger partial charge is 0.479 e. The molecule has 2 aromatic rings. The fourth-order valence-electron chi connectivity index (χ4n) is 1.15. The van der Waals surface area contributed by atoms with Crippen LogP contribution in [0, 0.1) is 10.1 Å². The van der Waals surface area contributed by atoms with Crippen LogP contribution in [0.4, 0.5) is 5.82 Å². The Morgan fingerprint density at radius 2 is 2.50 bits per heavy atom. The summed E-state index contributed by atoms with van der Waals surface area (Å²) in [6, 6.07) is 0. The number of aliphatic carboxylic acids is 1. The Labute approximate surface area is 91.9 Å². The molecule has 0 aliphatic heterocycles. The Kier molecular flexibility index (Phi) is 2.44. The van der Waals surface area contributed by atoms with E-state index in [1.54, 1.807) is 5.38 Å². The van der Waals surface area contributed by atoms with E-state index in [0.29, 0.717) is 4.96 Å². The molecule has 0 fully saturated rings. The summed E-state index contributed by atoms with van der Waals surface area (Å²) in [5.41, 5.74) is 0. The fraction of sp³-hybridized carbons (Fsp3) is 0.143. The van der Waals surface area contributed by atoms with E-state index in [4.69, 9.17) is 9.84 Å². The summed E-state index contributed by atoms with van der Waals surface area (Å²) in [7, 11) is 0. The molecular weight excluding hydrogens is 238 g/mol. The molecule has 0 bridgehead atoms. The fourth-order valence-corrected chi connectivity index (χ4v) is 1.85. The second-order valence-electron chi connectivity index (χ2n) is 2.74. The first-order valence-electron chi connectivity index (χ1n) is 4.04. The third-order valence-electron chi connectivity index (χ3n) is 1.71. The molecule has 16 heavy (non-hydrogen) atoms. The van der Waals surface area contributed by atoms with E-state index in [1.165, 1.54) is 21.9 Å². The molecule has 0 aliphatic rings. The number of rotatable bonds is 4. The molecule has 0 aromatic carbocycles. The van der Waals surface area contributed by atoms with Crippen molar-refractivity contribution in [3.63, 3.8) is 0 Å². The van der Waals surface area contributed by atoms with Crippen LogP contribution in [-0.2, 0) is 4.79 Å². The third kappa shape index (κ3) is 1.67. The molecular formula is C7H5N3O5S. The predicted octanol–water partition coefficient (Wildman–Crippen LogP) is 0.767. The van der Waals surface area contributed by atoms with Gasteiger partial charge >= 0.3 is 17.7 Å². The first-order chi connectivity index (χ1) is 7.59. The van der Waals surface area contributed by atoms with Gasteiger partial charge in [0.25, 0.3) is 4.96 Å². The monoisotopic (exact) mass is 243 g/mol. The zero-order valence-corrected chi connectivity index (χ0v) is 8.51. The molecule has 2 aromatic heterocycles. The maximum atomic E-state index is 10.8. The summed E-state index contributed by atoms with van der Waals surface area (Å²) in [6.45, 7) is -0.661. The average Bonchev–Trinajstić information content (AvgIpc) is 2.71. The van der Waals surface area contributed by atoms with Crippen molar-refractivity contribution < 1.29 is 19.6 Å². The number of aromatic nitrogens is 2. The van der Waals surface area contributed by atoms with Gasteiger partial charge in [-0.3, -0.25) is 0 Å². The molecule has 0 spiro atoms. The molecule has 0 radical (unpaired) electrons. The highest BCUT2D eigenvalue weighted by Gasteiger charge is 2.25. The highest BCUT2D eigenvalue weighted by atomic mass is 32.1. The number of hydrogen-bond donors (Lipinski definition) is 1. The molecule has 8 nitrogen and oxygen atoms in total. The van der Waals surface area contributed by atoms with Gasteiger partial charge in [-0.15, -0.1) is 0 Å². The predicted molar refractivity (Wildman–Crippen MR) is 52.9 cm³/mol. The van der Waals surface area contributed by atoms with Gasteiger partial charge in [-0.25, -0.2) is 4.79 Å². The summed E-state index contributed by atoms with van der Waals surface area (Å²) >= 11 is 1.19. The molecule has 0 aliphatic carbocycles. The van der Waals surface area contributed by atoms with Crippen LogP contribution in [0.25, 0.3) is 4.96 Å². The standard InChI is InChI=1S/C7H5N3O5S/c11-4(12)3-15-5-6(10(13)14)9-1-2-16-7(9)8-5/h1-2H,3H2,(H,11,12). The summed E-state index contributed by atoms with van der Waals surface area (Å²) in [5, 5.41) is 20.8. The summed E-state index contributed by atoms with van der Waals surface area (Å²) < 4.78 is 5.97. The van der Waals surface area contributed by atoms with Crippen LogP contribution in [0.3, 0.4) is 0 Å². The van der Waals surface area contributed by atoms with Crippen molar-refractivity contribution in [2.24, 2.45) is 0 Å². The molecule has 0 amide bonds. The van der Waals surface area contributed by atoms with Crippen molar-refractivity contribution in [1.29, 1.82) is 0 Å². The first kappa shape index (κ1) is 10.4. The first-order valence-corrected chi connectivity index (χ1v) is 4.92. The van der Waals surface area contributed by atoms with E-state index in [1.807, 2.05) is 0 Å². The molecule has 1 N–H and O–H groups in total. The van der Waals surface area contributed by atoms with E-state index in [9.17, 15) is 14.9 Å². The lowest BCUT2D eigenvalue weighted by Crippen LogP contribution is -2.10. The van der Waals surface area contributed by atoms with Crippen molar-refractivity contribution in [1.82, 2.24) is 9.38 Å². The Morgan fingerprint density at radius 3 is 3.12 bits per heavy atom. The number of nitro groups is 1. The highest BCUT2D eigenvalue weighted by molar-refractivity contribution is 7.15. The van der Waals surface area contributed by atoms with Gasteiger partial charge < -0.3 is 20.0 Å². The number of carboxylic acid groups (broad SMARTS) is 1. The zero-order chi connectivity index (χ0) is 11.7. The van der Waals surface area contributed by atoms with Crippen molar-refractivity contribution >= 4 is 28.1 Å². The Hall–Kier alpha value is -2.16. The maximum absolute atomic E-state index is 10.8. The Balaban J connectivity index is 2.43. The van der Waals surface area contributed by atoms with Crippen LogP contribution in [0.2, 0.25) is 0 Å². The van der Waals surface area contributed by atoms with E-state index in [2.05, 4.69) is 4.98 Å². The number of carbonyl (C=O) groups is 1. The number of carboxylic acids is 1. The molecule has 9 heteroatoms. The second-order valence-corrected chi connectivity index (χ2v) is 3.61. The van der Waals surface area contributed by atoms with E-state index in [0.717, 1.165) is 0 Å². The summed E-state index contributed by atoms with van der Waals surface area (Å²) in [6.07, 6.45) is 1.47. The molecule has 0 saturated heterocycles. The lowest BCUT2D eigenvalue weighted by atomic mass is 10.6. The van der Waals surface area contributed by atoms with E-state index < -0.39 is 17.5 Å². The number of ether oxygens (including phenoxy) is 1. The minimum atomic E-state index is -1.22. The van der Waals surface area contributed by atoms with E-state index in [-0.39, 0.29) is 11.7 Å². The van der Waals surface area contributed by atoms with Crippen molar-refractivity contribution in [2.75, 3.05) is 6.61 Å². The highest BCUT2D eigenvalue weighted by Crippen LogP contribution is 2.29. The van der Waals surface area contributed by atoms with Crippen LogP contribution >= 0.6 is 11.3 Å². The zero-order valence-electron chi connectivity index (χ0n) is 7.69. The van der Waals surface area contributed by atoms with Gasteiger partial charge in [0, 0.05) is 5.38 Å². The van der Waals surface area contributed by atoms with Gasteiger partial charge in [0.1, 0.15) is 6.20 Å². The summed E-state index contributed by atoms with van der Waals surface area (Å²) in [4.78, 5) is 24.6. The molecule has 0 saturated carbocycles. The van der Waals surface area contributed by atoms with Crippen molar-refractivity contribution in [3.8, 4) is 5.88 Å². The van der Waals surface area contributed by atoms with Crippen LogP contribution in [0.15, 0.2) is 11.6 Å². The maximum Gasteiger partial charge on any atom is 0.393 e. The smallest absolute Gasteiger partial charge is 0.393 e. The second kappa shape index (κ2) is 3.77. The van der Waals surface area contributed by atoms with Gasteiger partial charge in [-0.1, -0.05) is 11.3 Å². The molecule has 2 rings (SSSR count). The number of thiazole rings is 1. The minimum Gasteiger partial charge on any atom is -0.479 e. The van der Waals surface area contributed by atoms with E-state index >= 15 is 0 Å². The van der Waals surface area contributed by atoms with Crippen LogP contribution in [-0.4, -0.2) is 32.0 Å². The number of imidazole rings is 1. The SMILES string of the molecule is O=C(O)COc1nc2sccn2c1[N+](=O)[O-]. The van der Waals surface area contributed by atoms with Crippen LogP contribution < -0.4 is 4.74 Å². The number of fused-ring (bicyclic) bond motifs is 1. The molecule has 84 valence electrons. The van der Waals surface area contributed by atoms with Crippen molar-refractivity contribution in [2.45, 2.75) is 0 Å². The Bertz CT molecular complexity index is 559. The number of hydrogen-bond acceptors (Lipinski definition) is 6. The van der Waals surface area contributed by atoms with Crippen LogP contribution in [0.1, 0.15) is 0 Å². The summed E-state index contributed by atoms with van der Waals surface area (Å²) in [5.74, 6) is -1.86.